The highest BCUT2D eigenvalue weighted by atomic mass is 16.4. The van der Waals surface area contributed by atoms with E-state index in [2.05, 4.69) is 0 Å². The number of nitrogens with zero attached hydrogens (tertiary/aromatic N) is 1. The van der Waals surface area contributed by atoms with Crippen LogP contribution in [0, 0.1) is 0 Å². The standard InChI is InChI=1S/C8H18N2O2/c1-6(5-9)10(7(11)12)8(2,3)4/h6H,5,9H2,1-4H3,(H,11,12)/t6-/m1/s1. The van der Waals surface area contributed by atoms with Crippen molar-refractivity contribution in [3.8, 4) is 0 Å². The molecule has 3 N–H and O–H groups in total. The van der Waals surface area contributed by atoms with Crippen molar-refractivity contribution < 1.29 is 9.90 Å². The first-order valence-electron chi connectivity index (χ1n) is 4.03. The van der Waals surface area contributed by atoms with Gasteiger partial charge in [-0.3, -0.25) is 4.90 Å². The van der Waals surface area contributed by atoms with Crippen LogP contribution in [0.5, 0.6) is 0 Å². The second-order valence-corrected chi connectivity index (χ2v) is 3.91. The van der Waals surface area contributed by atoms with Gasteiger partial charge in [-0.05, 0) is 27.7 Å². The summed E-state index contributed by atoms with van der Waals surface area (Å²) in [7, 11) is 0. The third-order valence-corrected chi connectivity index (χ3v) is 1.71. The van der Waals surface area contributed by atoms with Crippen molar-refractivity contribution in [1.29, 1.82) is 0 Å². The smallest absolute Gasteiger partial charge is 0.408 e. The molecule has 0 bridgehead atoms. The van der Waals surface area contributed by atoms with E-state index in [1.807, 2.05) is 20.8 Å². The van der Waals surface area contributed by atoms with E-state index in [-0.39, 0.29) is 11.6 Å². The van der Waals surface area contributed by atoms with E-state index >= 15 is 0 Å². The quantitative estimate of drug-likeness (QED) is 0.659. The van der Waals surface area contributed by atoms with E-state index in [9.17, 15) is 4.79 Å². The van der Waals surface area contributed by atoms with Crippen LogP contribution in [-0.4, -0.2) is 34.2 Å². The Balaban J connectivity index is 4.56. The highest BCUT2D eigenvalue weighted by molar-refractivity contribution is 5.66. The summed E-state index contributed by atoms with van der Waals surface area (Å²) in [6.07, 6.45) is -0.916. The fourth-order valence-corrected chi connectivity index (χ4v) is 1.24. The average Bonchev–Trinajstić information content (AvgIpc) is 1.83. The molecule has 1 amide bonds. The summed E-state index contributed by atoms with van der Waals surface area (Å²) in [6, 6.07) is -0.137. The van der Waals surface area contributed by atoms with Crippen LogP contribution in [0.15, 0.2) is 0 Å². The zero-order valence-electron chi connectivity index (χ0n) is 8.16. The lowest BCUT2D eigenvalue weighted by Crippen LogP contribution is -2.52. The first kappa shape index (κ1) is 11.2. The summed E-state index contributed by atoms with van der Waals surface area (Å²) in [5, 5.41) is 8.88. The monoisotopic (exact) mass is 174 g/mol. The van der Waals surface area contributed by atoms with E-state index in [4.69, 9.17) is 10.8 Å². The molecule has 0 aliphatic heterocycles. The molecular weight excluding hydrogens is 156 g/mol. The normalized spacial score (nSPS) is 14.1. The van der Waals surface area contributed by atoms with Crippen molar-refractivity contribution in [3.05, 3.63) is 0 Å². The Labute approximate surface area is 73.3 Å². The molecular formula is C8H18N2O2. The minimum atomic E-state index is -0.916. The molecule has 0 heterocycles. The fraction of sp³-hybridized carbons (Fsp3) is 0.875. The zero-order valence-corrected chi connectivity index (χ0v) is 8.16. The Morgan fingerprint density at radius 2 is 2.00 bits per heavy atom. The molecule has 0 saturated carbocycles. The van der Waals surface area contributed by atoms with Gasteiger partial charge < -0.3 is 10.8 Å². The summed E-state index contributed by atoms with van der Waals surface area (Å²) in [5.74, 6) is 0. The average molecular weight is 174 g/mol. The van der Waals surface area contributed by atoms with Crippen LogP contribution in [0.25, 0.3) is 0 Å². The Bertz CT molecular complexity index is 163. The second kappa shape index (κ2) is 3.76. The summed E-state index contributed by atoms with van der Waals surface area (Å²) in [4.78, 5) is 12.2. The predicted molar refractivity (Wildman–Crippen MR) is 48.1 cm³/mol. The number of amides is 1. The third-order valence-electron chi connectivity index (χ3n) is 1.71. The molecule has 1 atom stereocenters. The molecule has 0 fully saturated rings. The molecule has 0 aliphatic carbocycles. The molecule has 0 unspecified atom stereocenters. The minimum absolute atomic E-state index is 0.137. The van der Waals surface area contributed by atoms with Crippen LogP contribution in [0.3, 0.4) is 0 Å². The molecule has 0 rings (SSSR count). The van der Waals surface area contributed by atoms with E-state index in [0.29, 0.717) is 6.54 Å². The van der Waals surface area contributed by atoms with Crippen molar-refractivity contribution in [2.45, 2.75) is 39.3 Å². The lowest BCUT2D eigenvalue weighted by atomic mass is 10.0. The van der Waals surface area contributed by atoms with Crippen molar-refractivity contribution in [3.63, 3.8) is 0 Å². The van der Waals surface area contributed by atoms with Gasteiger partial charge in [-0.15, -0.1) is 0 Å². The van der Waals surface area contributed by atoms with Gasteiger partial charge in [0.1, 0.15) is 0 Å². The van der Waals surface area contributed by atoms with Gasteiger partial charge >= 0.3 is 6.09 Å². The maximum absolute atomic E-state index is 10.8. The summed E-state index contributed by atoms with van der Waals surface area (Å²) in [6.45, 7) is 7.72. The number of nitrogens with two attached hydrogens (primary N) is 1. The lowest BCUT2D eigenvalue weighted by Gasteiger charge is -2.37. The third kappa shape index (κ3) is 2.70. The fourth-order valence-electron chi connectivity index (χ4n) is 1.24. The Hall–Kier alpha value is -0.770. The van der Waals surface area contributed by atoms with Crippen LogP contribution in [0.2, 0.25) is 0 Å². The van der Waals surface area contributed by atoms with Gasteiger partial charge in [0.05, 0.1) is 0 Å². The Morgan fingerprint density at radius 1 is 1.58 bits per heavy atom. The van der Waals surface area contributed by atoms with E-state index in [1.165, 1.54) is 4.90 Å². The van der Waals surface area contributed by atoms with E-state index in [1.54, 1.807) is 6.92 Å². The molecule has 0 spiro atoms. The molecule has 0 saturated heterocycles. The molecule has 0 aromatic heterocycles. The molecule has 12 heavy (non-hydrogen) atoms. The van der Waals surface area contributed by atoms with Gasteiger partial charge in [0, 0.05) is 18.1 Å². The van der Waals surface area contributed by atoms with Crippen LogP contribution < -0.4 is 5.73 Å². The van der Waals surface area contributed by atoms with Gasteiger partial charge in [-0.2, -0.15) is 0 Å². The van der Waals surface area contributed by atoms with Crippen LogP contribution >= 0.6 is 0 Å². The minimum Gasteiger partial charge on any atom is -0.465 e. The Morgan fingerprint density at radius 3 is 2.08 bits per heavy atom. The molecule has 72 valence electrons. The Kier molecular flexibility index (Phi) is 3.52. The van der Waals surface area contributed by atoms with Crippen molar-refractivity contribution in [1.82, 2.24) is 4.90 Å². The largest absolute Gasteiger partial charge is 0.465 e. The molecule has 4 nitrogen and oxygen atoms in total. The number of carbonyl (C=O) groups is 1. The topological polar surface area (TPSA) is 66.6 Å². The molecule has 0 aromatic carbocycles. The maximum atomic E-state index is 10.8. The van der Waals surface area contributed by atoms with Crippen LogP contribution in [0.1, 0.15) is 27.7 Å². The highest BCUT2D eigenvalue weighted by Gasteiger charge is 2.29. The van der Waals surface area contributed by atoms with Gasteiger partial charge in [0.25, 0.3) is 0 Å². The van der Waals surface area contributed by atoms with Crippen molar-refractivity contribution in [2.24, 2.45) is 5.73 Å². The van der Waals surface area contributed by atoms with Crippen LogP contribution in [0.4, 0.5) is 4.79 Å². The number of hydrogen-bond donors (Lipinski definition) is 2. The first-order valence-corrected chi connectivity index (χ1v) is 4.03. The number of rotatable bonds is 2. The van der Waals surface area contributed by atoms with Gasteiger partial charge in [-0.25, -0.2) is 4.79 Å². The van der Waals surface area contributed by atoms with E-state index in [0.717, 1.165) is 0 Å². The molecule has 0 radical (unpaired) electrons. The molecule has 4 heteroatoms. The van der Waals surface area contributed by atoms with Gasteiger partial charge in [0.15, 0.2) is 0 Å². The molecule has 0 aliphatic rings. The second-order valence-electron chi connectivity index (χ2n) is 3.91. The summed E-state index contributed by atoms with van der Waals surface area (Å²) < 4.78 is 0. The first-order chi connectivity index (χ1) is 5.30. The number of carboxylic acid groups (broad SMARTS) is 1. The maximum Gasteiger partial charge on any atom is 0.408 e. The van der Waals surface area contributed by atoms with E-state index < -0.39 is 6.09 Å². The zero-order chi connectivity index (χ0) is 9.94. The summed E-state index contributed by atoms with van der Waals surface area (Å²) in [5.41, 5.74) is 5.02. The highest BCUT2D eigenvalue weighted by Crippen LogP contribution is 2.16. The van der Waals surface area contributed by atoms with Gasteiger partial charge in [-0.1, -0.05) is 0 Å². The lowest BCUT2D eigenvalue weighted by molar-refractivity contribution is 0.0778. The molecule has 0 aromatic rings. The van der Waals surface area contributed by atoms with Crippen LogP contribution in [-0.2, 0) is 0 Å². The SMILES string of the molecule is C[C@H](CN)N(C(=O)O)C(C)(C)C. The summed E-state index contributed by atoms with van der Waals surface area (Å²) >= 11 is 0. The van der Waals surface area contributed by atoms with Crippen molar-refractivity contribution in [2.75, 3.05) is 6.54 Å². The van der Waals surface area contributed by atoms with Crippen molar-refractivity contribution >= 4 is 6.09 Å². The number of hydrogen-bond acceptors (Lipinski definition) is 2. The van der Waals surface area contributed by atoms with Gasteiger partial charge in [0.2, 0.25) is 0 Å². The predicted octanol–water partition coefficient (Wildman–Crippen LogP) is 1.11.